The Morgan fingerprint density at radius 2 is 2.10 bits per heavy atom. The summed E-state index contributed by atoms with van der Waals surface area (Å²) >= 11 is 5.98. The number of carbonyl (C=O) groups excluding carboxylic acids is 1. The van der Waals surface area contributed by atoms with E-state index >= 15 is 0 Å². The van der Waals surface area contributed by atoms with E-state index in [9.17, 15) is 18.0 Å². The van der Waals surface area contributed by atoms with Gasteiger partial charge in [-0.05, 0) is 6.07 Å². The summed E-state index contributed by atoms with van der Waals surface area (Å²) in [4.78, 5) is 14.9. The number of carbonyl (C=O) groups is 1. The van der Waals surface area contributed by atoms with Crippen molar-refractivity contribution >= 4 is 28.5 Å². The van der Waals surface area contributed by atoms with Gasteiger partial charge in [-0.2, -0.15) is 13.2 Å². The number of fused-ring (bicyclic) bond motifs is 1. The number of alkyl halides is 3. The van der Waals surface area contributed by atoms with Crippen LogP contribution in [0.3, 0.4) is 0 Å². The molecule has 2 aromatic rings. The van der Waals surface area contributed by atoms with Gasteiger partial charge in [0.2, 0.25) is 0 Å². The maximum absolute atomic E-state index is 12.8. The summed E-state index contributed by atoms with van der Waals surface area (Å²) < 4.78 is 43.5. The average Bonchev–Trinajstić information content (AvgIpc) is 2.40. The lowest BCUT2D eigenvalue weighted by atomic mass is 10.1. The molecule has 0 saturated heterocycles. The highest BCUT2D eigenvalue weighted by atomic mass is 35.5. The lowest BCUT2D eigenvalue weighted by Gasteiger charge is -2.12. The highest BCUT2D eigenvalue weighted by Gasteiger charge is 2.33. The van der Waals surface area contributed by atoms with Gasteiger partial charge in [-0.15, -0.1) is 0 Å². The lowest BCUT2D eigenvalue weighted by molar-refractivity contribution is -0.136. The molecule has 20 heavy (non-hydrogen) atoms. The Morgan fingerprint density at radius 3 is 2.70 bits per heavy atom. The minimum atomic E-state index is -4.53. The Bertz CT molecular complexity index is 670. The molecule has 3 nitrogen and oxygen atoms in total. The first-order valence-corrected chi connectivity index (χ1v) is 6.07. The van der Waals surface area contributed by atoms with Gasteiger partial charge in [0.25, 0.3) is 0 Å². The Morgan fingerprint density at radius 1 is 1.40 bits per heavy atom. The number of hydrogen-bond acceptors (Lipinski definition) is 3. The summed E-state index contributed by atoms with van der Waals surface area (Å²) in [6.07, 6.45) is -3.39. The molecule has 106 valence electrons. The minimum absolute atomic E-state index is 0.0506. The number of esters is 1. The number of ether oxygens (including phenoxy) is 1. The molecule has 7 heteroatoms. The van der Waals surface area contributed by atoms with Crippen LogP contribution < -0.4 is 4.74 Å². The molecular formula is C13H9ClF3NO2. The van der Waals surface area contributed by atoms with E-state index < -0.39 is 17.7 Å². The van der Waals surface area contributed by atoms with E-state index in [1.165, 1.54) is 12.1 Å². The van der Waals surface area contributed by atoms with Crippen LogP contribution in [-0.4, -0.2) is 11.0 Å². The van der Waals surface area contributed by atoms with Crippen LogP contribution >= 0.6 is 11.6 Å². The second kappa shape index (κ2) is 5.28. The van der Waals surface area contributed by atoms with Crippen molar-refractivity contribution in [1.29, 1.82) is 0 Å². The zero-order chi connectivity index (χ0) is 14.9. The van der Waals surface area contributed by atoms with Gasteiger partial charge in [-0.1, -0.05) is 30.7 Å². The molecule has 0 aliphatic heterocycles. The van der Waals surface area contributed by atoms with Crippen molar-refractivity contribution in [2.24, 2.45) is 0 Å². The predicted octanol–water partition coefficient (Wildman–Crippen LogP) is 4.22. The van der Waals surface area contributed by atoms with Crippen molar-refractivity contribution in [2.45, 2.75) is 19.5 Å². The Labute approximate surface area is 117 Å². The predicted molar refractivity (Wildman–Crippen MR) is 67.7 cm³/mol. The summed E-state index contributed by atoms with van der Waals surface area (Å²) in [6, 6.07) is 3.54. The molecule has 1 heterocycles. The third kappa shape index (κ3) is 2.70. The van der Waals surface area contributed by atoms with E-state index in [0.29, 0.717) is 0 Å². The van der Waals surface area contributed by atoms with Crippen LogP contribution in [0.4, 0.5) is 13.2 Å². The van der Waals surface area contributed by atoms with Crippen LogP contribution in [0.25, 0.3) is 10.9 Å². The van der Waals surface area contributed by atoms with Crippen LogP contribution in [-0.2, 0) is 11.0 Å². The Hall–Kier alpha value is -1.82. The van der Waals surface area contributed by atoms with Gasteiger partial charge in [0.05, 0.1) is 22.3 Å². The van der Waals surface area contributed by atoms with Gasteiger partial charge in [0, 0.05) is 11.8 Å². The van der Waals surface area contributed by atoms with Crippen molar-refractivity contribution in [2.75, 3.05) is 0 Å². The molecule has 0 saturated carbocycles. The number of pyridine rings is 1. The number of halogens is 4. The van der Waals surface area contributed by atoms with Crippen molar-refractivity contribution in [3.63, 3.8) is 0 Å². The van der Waals surface area contributed by atoms with Crippen molar-refractivity contribution in [3.05, 3.63) is 35.0 Å². The van der Waals surface area contributed by atoms with E-state index in [-0.39, 0.29) is 28.1 Å². The van der Waals surface area contributed by atoms with Gasteiger partial charge in [0.1, 0.15) is 0 Å². The van der Waals surface area contributed by atoms with Crippen LogP contribution in [0.5, 0.6) is 5.75 Å². The largest absolute Gasteiger partial charge is 0.423 e. The van der Waals surface area contributed by atoms with Crippen LogP contribution in [0.2, 0.25) is 5.02 Å². The molecule has 1 aromatic carbocycles. The number of aromatic nitrogens is 1. The quantitative estimate of drug-likeness (QED) is 0.780. The molecular weight excluding hydrogens is 295 g/mol. The first-order chi connectivity index (χ1) is 9.34. The van der Waals surface area contributed by atoms with Crippen LogP contribution in [0.15, 0.2) is 24.4 Å². The van der Waals surface area contributed by atoms with Gasteiger partial charge < -0.3 is 4.74 Å². The smallest absolute Gasteiger partial charge is 0.418 e. The maximum atomic E-state index is 12.8. The highest BCUT2D eigenvalue weighted by Crippen LogP contribution is 2.38. The zero-order valence-electron chi connectivity index (χ0n) is 10.3. The van der Waals surface area contributed by atoms with Gasteiger partial charge >= 0.3 is 12.1 Å². The molecule has 0 spiro atoms. The van der Waals surface area contributed by atoms with E-state index in [2.05, 4.69) is 4.98 Å². The number of para-hydroxylation sites is 1. The third-order valence-corrected chi connectivity index (χ3v) is 3.01. The fraction of sp³-hybridized carbons (Fsp3) is 0.231. The molecule has 0 fully saturated rings. The molecule has 0 aliphatic rings. The average molecular weight is 304 g/mol. The Balaban J connectivity index is 2.61. The zero-order valence-corrected chi connectivity index (χ0v) is 11.0. The summed E-state index contributed by atoms with van der Waals surface area (Å²) in [5.74, 6) is -0.592. The third-order valence-electron chi connectivity index (χ3n) is 2.62. The summed E-state index contributed by atoms with van der Waals surface area (Å²) in [7, 11) is 0. The maximum Gasteiger partial charge on any atom is 0.418 e. The summed E-state index contributed by atoms with van der Waals surface area (Å²) in [5.41, 5.74) is -1.16. The van der Waals surface area contributed by atoms with Crippen molar-refractivity contribution < 1.29 is 22.7 Å². The molecule has 0 N–H and O–H groups in total. The van der Waals surface area contributed by atoms with E-state index in [1.54, 1.807) is 6.92 Å². The van der Waals surface area contributed by atoms with Crippen molar-refractivity contribution in [1.82, 2.24) is 4.98 Å². The van der Waals surface area contributed by atoms with Gasteiger partial charge in [0.15, 0.2) is 5.75 Å². The highest BCUT2D eigenvalue weighted by molar-refractivity contribution is 6.37. The Kier molecular flexibility index (Phi) is 3.85. The number of nitrogens with zero attached hydrogens (tertiary/aromatic N) is 1. The molecule has 0 unspecified atom stereocenters. The molecule has 0 radical (unpaired) electrons. The second-order valence-electron chi connectivity index (χ2n) is 3.96. The van der Waals surface area contributed by atoms with Crippen LogP contribution in [0.1, 0.15) is 18.9 Å². The molecule has 2 rings (SSSR count). The lowest BCUT2D eigenvalue weighted by Crippen LogP contribution is -2.08. The second-order valence-corrected chi connectivity index (χ2v) is 4.34. The first kappa shape index (κ1) is 14.6. The van der Waals surface area contributed by atoms with Crippen molar-refractivity contribution in [3.8, 4) is 5.75 Å². The molecule has 0 aliphatic carbocycles. The van der Waals surface area contributed by atoms with E-state index in [4.69, 9.17) is 16.3 Å². The minimum Gasteiger partial charge on any atom is -0.423 e. The van der Waals surface area contributed by atoms with Gasteiger partial charge in [-0.25, -0.2) is 0 Å². The first-order valence-electron chi connectivity index (χ1n) is 5.69. The van der Waals surface area contributed by atoms with Gasteiger partial charge in [-0.3, -0.25) is 9.78 Å². The number of rotatable bonds is 2. The standard InChI is InChI=1S/C13H9ClF3NO2/c1-2-10(19)20-9-6-18-12-7(11(9)14)4-3-5-8(12)13(15,16)17/h3-6H,2H2,1H3. The SMILES string of the molecule is CCC(=O)Oc1cnc2c(C(F)(F)F)cccc2c1Cl. The number of benzene rings is 1. The molecule has 0 atom stereocenters. The topological polar surface area (TPSA) is 39.2 Å². The summed E-state index contributed by atoms with van der Waals surface area (Å²) in [5, 5.41) is 0.0193. The number of hydrogen-bond donors (Lipinski definition) is 0. The monoisotopic (exact) mass is 303 g/mol. The molecule has 0 amide bonds. The molecule has 0 bridgehead atoms. The normalized spacial score (nSPS) is 11.7. The van der Waals surface area contributed by atoms with Crippen LogP contribution in [0, 0.1) is 0 Å². The fourth-order valence-corrected chi connectivity index (χ4v) is 1.91. The van der Waals surface area contributed by atoms with E-state index in [0.717, 1.165) is 12.3 Å². The summed E-state index contributed by atoms with van der Waals surface area (Å²) in [6.45, 7) is 1.59. The molecule has 1 aromatic heterocycles. The van der Waals surface area contributed by atoms with E-state index in [1.807, 2.05) is 0 Å². The fourth-order valence-electron chi connectivity index (χ4n) is 1.67.